The summed E-state index contributed by atoms with van der Waals surface area (Å²) in [5.74, 6) is 0.0838. The fraction of sp³-hybridized carbons (Fsp3) is 0.533. The van der Waals surface area contributed by atoms with E-state index in [9.17, 15) is 4.79 Å². The molecule has 1 aliphatic rings. The third-order valence-electron chi connectivity index (χ3n) is 3.56. The number of benzene rings is 1. The first-order valence-corrected chi connectivity index (χ1v) is 6.84. The molecule has 0 aromatic heterocycles. The lowest BCUT2D eigenvalue weighted by molar-refractivity contribution is -0.122. The smallest absolute Gasteiger partial charge is 0.236 e. The lowest BCUT2D eigenvalue weighted by Crippen LogP contribution is -2.44. The molecular formula is C15H22N2O. The maximum atomic E-state index is 11.8. The average Bonchev–Trinajstić information content (AvgIpc) is 2.39. The molecule has 0 heterocycles. The van der Waals surface area contributed by atoms with Crippen LogP contribution in [0.2, 0.25) is 0 Å². The molecule has 2 rings (SSSR count). The van der Waals surface area contributed by atoms with Gasteiger partial charge in [-0.1, -0.05) is 24.3 Å². The van der Waals surface area contributed by atoms with E-state index in [-0.39, 0.29) is 11.9 Å². The van der Waals surface area contributed by atoms with Crippen molar-refractivity contribution in [3.63, 3.8) is 0 Å². The molecule has 0 unspecified atom stereocenters. The number of amides is 1. The van der Waals surface area contributed by atoms with Gasteiger partial charge < -0.3 is 5.32 Å². The predicted molar refractivity (Wildman–Crippen MR) is 73.4 cm³/mol. The van der Waals surface area contributed by atoms with E-state index in [4.69, 9.17) is 0 Å². The van der Waals surface area contributed by atoms with Crippen LogP contribution in [0.4, 0.5) is 0 Å². The van der Waals surface area contributed by atoms with E-state index in [1.54, 1.807) is 0 Å². The molecule has 0 radical (unpaired) electrons. The Hall–Kier alpha value is -1.35. The van der Waals surface area contributed by atoms with Crippen LogP contribution in [0.5, 0.6) is 0 Å². The number of hydrogen-bond acceptors (Lipinski definition) is 2. The van der Waals surface area contributed by atoms with Crippen molar-refractivity contribution >= 4 is 5.91 Å². The molecule has 0 bridgehead atoms. The van der Waals surface area contributed by atoms with Gasteiger partial charge in [0.05, 0.1) is 6.04 Å². The predicted octanol–water partition coefficient (Wildman–Crippen LogP) is 2.18. The standard InChI is InChI=1S/C15H22N2O/c1-3-16-15(18)11(2)17-14-10-6-8-12-7-4-5-9-13(12)14/h4-5,7,9,11,14,17H,3,6,8,10H2,1-2H3,(H,16,18)/t11-,14+/m1/s1. The molecule has 1 amide bonds. The number of likely N-dealkylation sites (N-methyl/N-ethyl adjacent to an activating group) is 1. The van der Waals surface area contributed by atoms with E-state index < -0.39 is 0 Å². The second kappa shape index (κ2) is 6.01. The van der Waals surface area contributed by atoms with Crippen molar-refractivity contribution in [1.82, 2.24) is 10.6 Å². The first kappa shape index (κ1) is 13.1. The summed E-state index contributed by atoms with van der Waals surface area (Å²) in [4.78, 5) is 11.8. The fourth-order valence-electron chi connectivity index (χ4n) is 2.63. The maximum Gasteiger partial charge on any atom is 0.236 e. The Labute approximate surface area is 109 Å². The Bertz CT molecular complexity index is 417. The summed E-state index contributed by atoms with van der Waals surface area (Å²) in [5, 5.41) is 6.30. The zero-order chi connectivity index (χ0) is 13.0. The molecule has 0 spiro atoms. The molecule has 2 atom stereocenters. The average molecular weight is 246 g/mol. The zero-order valence-electron chi connectivity index (χ0n) is 11.2. The van der Waals surface area contributed by atoms with Crippen molar-refractivity contribution in [3.05, 3.63) is 35.4 Å². The van der Waals surface area contributed by atoms with Crippen molar-refractivity contribution in [2.24, 2.45) is 0 Å². The summed E-state index contributed by atoms with van der Waals surface area (Å²) in [7, 11) is 0. The van der Waals surface area contributed by atoms with E-state index in [0.29, 0.717) is 12.6 Å². The number of hydrogen-bond donors (Lipinski definition) is 2. The molecule has 0 saturated carbocycles. The number of rotatable bonds is 4. The largest absolute Gasteiger partial charge is 0.355 e. The molecule has 98 valence electrons. The molecule has 2 N–H and O–H groups in total. The third kappa shape index (κ3) is 2.91. The van der Waals surface area contributed by atoms with E-state index in [0.717, 1.165) is 12.8 Å². The van der Waals surface area contributed by atoms with Gasteiger partial charge in [-0.05, 0) is 44.2 Å². The van der Waals surface area contributed by atoms with Crippen LogP contribution in [-0.2, 0) is 11.2 Å². The van der Waals surface area contributed by atoms with Gasteiger partial charge >= 0.3 is 0 Å². The fourth-order valence-corrected chi connectivity index (χ4v) is 2.63. The van der Waals surface area contributed by atoms with Crippen LogP contribution in [0.1, 0.15) is 43.9 Å². The third-order valence-corrected chi connectivity index (χ3v) is 3.56. The highest BCUT2D eigenvalue weighted by Crippen LogP contribution is 2.29. The Balaban J connectivity index is 2.05. The number of fused-ring (bicyclic) bond motifs is 1. The Kier molecular flexibility index (Phi) is 4.37. The molecule has 0 fully saturated rings. The molecule has 1 aromatic rings. The summed E-state index contributed by atoms with van der Waals surface area (Å²) in [6, 6.07) is 8.72. The molecule has 0 saturated heterocycles. The number of carbonyl (C=O) groups excluding carboxylic acids is 1. The summed E-state index contributed by atoms with van der Waals surface area (Å²) in [5.41, 5.74) is 2.78. The van der Waals surface area contributed by atoms with Crippen LogP contribution in [0, 0.1) is 0 Å². The summed E-state index contributed by atoms with van der Waals surface area (Å²) >= 11 is 0. The van der Waals surface area contributed by atoms with E-state index >= 15 is 0 Å². The monoisotopic (exact) mass is 246 g/mol. The second-order valence-electron chi connectivity index (χ2n) is 4.93. The van der Waals surface area contributed by atoms with Gasteiger partial charge in [-0.25, -0.2) is 0 Å². The second-order valence-corrected chi connectivity index (χ2v) is 4.93. The van der Waals surface area contributed by atoms with Gasteiger partial charge in [0.2, 0.25) is 5.91 Å². The van der Waals surface area contributed by atoms with Crippen LogP contribution < -0.4 is 10.6 Å². The molecule has 0 aliphatic heterocycles. The van der Waals surface area contributed by atoms with Crippen molar-refractivity contribution in [3.8, 4) is 0 Å². The van der Waals surface area contributed by atoms with Crippen LogP contribution in [0.25, 0.3) is 0 Å². The molecule has 3 heteroatoms. The lowest BCUT2D eigenvalue weighted by Gasteiger charge is -2.28. The summed E-state index contributed by atoms with van der Waals surface area (Å²) < 4.78 is 0. The quantitative estimate of drug-likeness (QED) is 0.855. The number of aryl methyl sites for hydroxylation is 1. The topological polar surface area (TPSA) is 41.1 Å². The van der Waals surface area contributed by atoms with Crippen molar-refractivity contribution < 1.29 is 4.79 Å². The van der Waals surface area contributed by atoms with Gasteiger partial charge in [0.1, 0.15) is 0 Å². The molecule has 18 heavy (non-hydrogen) atoms. The maximum absolute atomic E-state index is 11.8. The highest BCUT2D eigenvalue weighted by atomic mass is 16.2. The summed E-state index contributed by atoms with van der Waals surface area (Å²) in [6.07, 6.45) is 3.46. The van der Waals surface area contributed by atoms with Gasteiger partial charge in [-0.2, -0.15) is 0 Å². The number of nitrogens with one attached hydrogen (secondary N) is 2. The zero-order valence-corrected chi connectivity index (χ0v) is 11.2. The van der Waals surface area contributed by atoms with Gasteiger partial charge in [0, 0.05) is 12.6 Å². The minimum atomic E-state index is -0.138. The van der Waals surface area contributed by atoms with Crippen LogP contribution in [-0.4, -0.2) is 18.5 Å². The van der Waals surface area contributed by atoms with Gasteiger partial charge in [0.25, 0.3) is 0 Å². The molecule has 3 nitrogen and oxygen atoms in total. The number of carbonyl (C=O) groups is 1. The van der Waals surface area contributed by atoms with Crippen molar-refractivity contribution in [2.75, 3.05) is 6.54 Å². The lowest BCUT2D eigenvalue weighted by atomic mass is 9.87. The highest BCUT2D eigenvalue weighted by Gasteiger charge is 2.23. The summed E-state index contributed by atoms with van der Waals surface area (Å²) in [6.45, 7) is 4.56. The minimum absolute atomic E-state index is 0.0838. The van der Waals surface area contributed by atoms with E-state index in [2.05, 4.69) is 34.9 Å². The first-order chi connectivity index (χ1) is 8.72. The van der Waals surface area contributed by atoms with Crippen molar-refractivity contribution in [1.29, 1.82) is 0 Å². The van der Waals surface area contributed by atoms with Gasteiger partial charge in [0.15, 0.2) is 0 Å². The molecule has 1 aliphatic carbocycles. The van der Waals surface area contributed by atoms with Gasteiger partial charge in [-0.15, -0.1) is 0 Å². The SMILES string of the molecule is CCNC(=O)[C@@H](C)N[C@H]1CCCc2ccccc21. The van der Waals surface area contributed by atoms with Crippen LogP contribution in [0.15, 0.2) is 24.3 Å². The normalized spacial score (nSPS) is 20.0. The van der Waals surface area contributed by atoms with Crippen molar-refractivity contribution in [2.45, 2.75) is 45.2 Å². The minimum Gasteiger partial charge on any atom is -0.355 e. The Morgan fingerprint density at radius 1 is 1.44 bits per heavy atom. The molecule has 1 aromatic carbocycles. The Morgan fingerprint density at radius 3 is 3.00 bits per heavy atom. The van der Waals surface area contributed by atoms with Crippen LogP contribution in [0.3, 0.4) is 0 Å². The van der Waals surface area contributed by atoms with E-state index in [1.807, 2.05) is 13.8 Å². The first-order valence-electron chi connectivity index (χ1n) is 6.84. The molecular weight excluding hydrogens is 224 g/mol. The van der Waals surface area contributed by atoms with Crippen LogP contribution >= 0.6 is 0 Å². The Morgan fingerprint density at radius 2 is 2.22 bits per heavy atom. The highest BCUT2D eigenvalue weighted by molar-refractivity contribution is 5.81. The van der Waals surface area contributed by atoms with Gasteiger partial charge in [-0.3, -0.25) is 10.1 Å². The van der Waals surface area contributed by atoms with E-state index in [1.165, 1.54) is 17.5 Å².